The van der Waals surface area contributed by atoms with Crippen molar-refractivity contribution in [3.8, 4) is 0 Å². The minimum Gasteiger partial charge on any atom is -0.319 e. The maximum absolute atomic E-state index is 12.3. The van der Waals surface area contributed by atoms with Gasteiger partial charge in [-0.1, -0.05) is 34.5 Å². The highest BCUT2D eigenvalue weighted by Crippen LogP contribution is 2.26. The van der Waals surface area contributed by atoms with Gasteiger partial charge >= 0.3 is 0 Å². The number of rotatable bonds is 4. The summed E-state index contributed by atoms with van der Waals surface area (Å²) in [5, 5.41) is 7.68. The molecule has 6 heteroatoms. The number of hydrogen-bond acceptors (Lipinski definition) is 2. The molecule has 0 aliphatic rings. The first kappa shape index (κ1) is 15.1. The number of halogens is 2. The lowest BCUT2D eigenvalue weighted by Crippen LogP contribution is -2.17. The van der Waals surface area contributed by atoms with Gasteiger partial charge in [0.15, 0.2) is 0 Å². The summed E-state index contributed by atoms with van der Waals surface area (Å²) >= 11 is 9.43. The van der Waals surface area contributed by atoms with E-state index in [2.05, 4.69) is 26.3 Å². The van der Waals surface area contributed by atoms with Crippen LogP contribution in [-0.4, -0.2) is 15.7 Å². The molecular formula is C14H15BrClN3O. The topological polar surface area (TPSA) is 46.9 Å². The second-order valence-electron chi connectivity index (χ2n) is 4.27. The van der Waals surface area contributed by atoms with Crippen LogP contribution in [0.15, 0.2) is 28.7 Å². The van der Waals surface area contributed by atoms with Crippen molar-refractivity contribution in [2.45, 2.75) is 26.8 Å². The molecule has 0 aliphatic carbocycles. The van der Waals surface area contributed by atoms with E-state index in [1.165, 1.54) is 0 Å². The van der Waals surface area contributed by atoms with Gasteiger partial charge in [-0.05, 0) is 37.6 Å². The fourth-order valence-electron chi connectivity index (χ4n) is 1.85. The van der Waals surface area contributed by atoms with E-state index in [4.69, 9.17) is 11.6 Å². The summed E-state index contributed by atoms with van der Waals surface area (Å²) < 4.78 is 2.55. The Morgan fingerprint density at radius 2 is 2.15 bits per heavy atom. The largest absolute Gasteiger partial charge is 0.319 e. The Bertz CT molecular complexity index is 639. The summed E-state index contributed by atoms with van der Waals surface area (Å²) in [5.41, 5.74) is 2.02. The van der Waals surface area contributed by atoms with Crippen molar-refractivity contribution >= 4 is 39.1 Å². The first-order valence-electron chi connectivity index (χ1n) is 6.38. The van der Waals surface area contributed by atoms with Crippen molar-refractivity contribution in [3.05, 3.63) is 45.1 Å². The number of carbonyl (C=O) groups excluding carboxylic acids is 1. The average molecular weight is 357 g/mol. The molecule has 2 aromatic rings. The molecule has 1 N–H and O–H groups in total. The van der Waals surface area contributed by atoms with Gasteiger partial charge in [0.25, 0.3) is 5.91 Å². The first-order chi connectivity index (χ1) is 9.55. The lowest BCUT2D eigenvalue weighted by molar-refractivity contribution is 0.101. The third-order valence-electron chi connectivity index (χ3n) is 2.90. The van der Waals surface area contributed by atoms with Crippen molar-refractivity contribution in [1.82, 2.24) is 9.78 Å². The first-order valence-corrected chi connectivity index (χ1v) is 7.55. The molecule has 1 amide bonds. The fraction of sp³-hybridized carbons (Fsp3) is 0.286. The lowest BCUT2D eigenvalue weighted by atomic mass is 10.2. The Labute approximate surface area is 131 Å². The SMILES string of the molecule is CCc1cc(C(=O)Nc2cc(Br)ccc2Cl)n(CC)n1. The van der Waals surface area contributed by atoms with Crippen LogP contribution in [0.2, 0.25) is 5.02 Å². The zero-order valence-electron chi connectivity index (χ0n) is 11.3. The van der Waals surface area contributed by atoms with E-state index in [9.17, 15) is 4.79 Å². The molecule has 1 aromatic carbocycles. The van der Waals surface area contributed by atoms with E-state index in [0.29, 0.717) is 22.9 Å². The van der Waals surface area contributed by atoms with E-state index in [1.54, 1.807) is 16.8 Å². The van der Waals surface area contributed by atoms with Crippen molar-refractivity contribution < 1.29 is 4.79 Å². The number of aryl methyl sites for hydroxylation is 2. The molecule has 0 atom stereocenters. The Hall–Kier alpha value is -1.33. The van der Waals surface area contributed by atoms with Gasteiger partial charge in [-0.3, -0.25) is 9.48 Å². The highest BCUT2D eigenvalue weighted by Gasteiger charge is 2.15. The van der Waals surface area contributed by atoms with Gasteiger partial charge in [-0.25, -0.2) is 0 Å². The Morgan fingerprint density at radius 1 is 1.40 bits per heavy atom. The van der Waals surface area contributed by atoms with Gasteiger partial charge in [0, 0.05) is 11.0 Å². The second-order valence-corrected chi connectivity index (χ2v) is 5.59. The molecule has 106 valence electrons. The van der Waals surface area contributed by atoms with Gasteiger partial charge in [-0.2, -0.15) is 5.10 Å². The summed E-state index contributed by atoms with van der Waals surface area (Å²) in [6.45, 7) is 4.61. The lowest BCUT2D eigenvalue weighted by Gasteiger charge is -2.08. The summed E-state index contributed by atoms with van der Waals surface area (Å²) in [4.78, 5) is 12.3. The van der Waals surface area contributed by atoms with Crippen molar-refractivity contribution in [1.29, 1.82) is 0 Å². The van der Waals surface area contributed by atoms with Crippen LogP contribution in [0.5, 0.6) is 0 Å². The minimum absolute atomic E-state index is 0.209. The molecule has 1 heterocycles. The summed E-state index contributed by atoms with van der Waals surface area (Å²) in [6, 6.07) is 7.14. The average Bonchev–Trinajstić information content (AvgIpc) is 2.86. The van der Waals surface area contributed by atoms with Crippen LogP contribution in [0.1, 0.15) is 30.0 Å². The molecular weight excluding hydrogens is 342 g/mol. The molecule has 0 radical (unpaired) electrons. The Kier molecular flexibility index (Phi) is 4.83. The van der Waals surface area contributed by atoms with Gasteiger partial charge in [-0.15, -0.1) is 0 Å². The number of hydrogen-bond donors (Lipinski definition) is 1. The normalized spacial score (nSPS) is 10.6. The zero-order chi connectivity index (χ0) is 14.7. The van der Waals surface area contributed by atoms with Gasteiger partial charge in [0.05, 0.1) is 16.4 Å². The molecule has 4 nitrogen and oxygen atoms in total. The number of aromatic nitrogens is 2. The quantitative estimate of drug-likeness (QED) is 0.895. The molecule has 0 saturated carbocycles. The van der Waals surface area contributed by atoms with Crippen LogP contribution in [0, 0.1) is 0 Å². The highest BCUT2D eigenvalue weighted by atomic mass is 79.9. The monoisotopic (exact) mass is 355 g/mol. The fourth-order valence-corrected chi connectivity index (χ4v) is 2.37. The van der Waals surface area contributed by atoms with Crippen LogP contribution in [0.25, 0.3) is 0 Å². The number of nitrogens with zero attached hydrogens (tertiary/aromatic N) is 2. The molecule has 0 fully saturated rings. The van der Waals surface area contributed by atoms with Crippen LogP contribution in [0.3, 0.4) is 0 Å². The number of amides is 1. The van der Waals surface area contributed by atoms with Crippen molar-refractivity contribution in [3.63, 3.8) is 0 Å². The third-order valence-corrected chi connectivity index (χ3v) is 3.72. The van der Waals surface area contributed by atoms with E-state index in [-0.39, 0.29) is 5.91 Å². The summed E-state index contributed by atoms with van der Waals surface area (Å²) in [5.74, 6) is -0.209. The Morgan fingerprint density at radius 3 is 2.80 bits per heavy atom. The molecule has 2 rings (SSSR count). The predicted octanol–water partition coefficient (Wildman–Crippen LogP) is 4.13. The van der Waals surface area contributed by atoms with Crippen LogP contribution in [0.4, 0.5) is 5.69 Å². The van der Waals surface area contributed by atoms with Crippen molar-refractivity contribution in [2.24, 2.45) is 0 Å². The highest BCUT2D eigenvalue weighted by molar-refractivity contribution is 9.10. The number of nitrogens with one attached hydrogen (secondary N) is 1. The smallest absolute Gasteiger partial charge is 0.273 e. The van der Waals surface area contributed by atoms with Crippen LogP contribution >= 0.6 is 27.5 Å². The molecule has 0 bridgehead atoms. The van der Waals surface area contributed by atoms with Gasteiger partial charge in [0.1, 0.15) is 5.69 Å². The minimum atomic E-state index is -0.209. The molecule has 0 spiro atoms. The second kappa shape index (κ2) is 6.41. The molecule has 0 saturated heterocycles. The standard InChI is InChI=1S/C14H15BrClN3O/c1-3-10-8-13(19(4-2)18-10)14(20)17-12-7-9(15)5-6-11(12)16/h5-8H,3-4H2,1-2H3,(H,17,20). The van der Waals surface area contributed by atoms with E-state index < -0.39 is 0 Å². The maximum Gasteiger partial charge on any atom is 0.273 e. The van der Waals surface area contributed by atoms with Gasteiger partial charge < -0.3 is 5.32 Å². The van der Waals surface area contributed by atoms with E-state index >= 15 is 0 Å². The van der Waals surface area contributed by atoms with Crippen LogP contribution < -0.4 is 5.32 Å². The maximum atomic E-state index is 12.3. The predicted molar refractivity (Wildman–Crippen MR) is 84.4 cm³/mol. The summed E-state index contributed by atoms with van der Waals surface area (Å²) in [6.07, 6.45) is 0.797. The van der Waals surface area contributed by atoms with E-state index in [1.807, 2.05) is 26.0 Å². The zero-order valence-corrected chi connectivity index (χ0v) is 13.6. The third kappa shape index (κ3) is 3.22. The van der Waals surface area contributed by atoms with Gasteiger partial charge in [0.2, 0.25) is 0 Å². The van der Waals surface area contributed by atoms with Crippen molar-refractivity contribution in [2.75, 3.05) is 5.32 Å². The molecule has 20 heavy (non-hydrogen) atoms. The number of anilines is 1. The number of benzene rings is 1. The Balaban J connectivity index is 2.28. The molecule has 0 unspecified atom stereocenters. The molecule has 1 aromatic heterocycles. The van der Waals surface area contributed by atoms with E-state index in [0.717, 1.165) is 16.6 Å². The summed E-state index contributed by atoms with van der Waals surface area (Å²) in [7, 11) is 0. The van der Waals surface area contributed by atoms with Crippen LogP contribution in [-0.2, 0) is 13.0 Å². The number of carbonyl (C=O) groups is 1. The molecule has 0 aliphatic heterocycles.